The summed E-state index contributed by atoms with van der Waals surface area (Å²) < 4.78 is 0. The number of H-pyrrole nitrogens is 1. The van der Waals surface area contributed by atoms with Gasteiger partial charge in [-0.1, -0.05) is 20.8 Å². The van der Waals surface area contributed by atoms with Crippen molar-refractivity contribution >= 4 is 5.82 Å². The molecule has 0 aliphatic heterocycles. The Hall–Kier alpha value is -1.88. The van der Waals surface area contributed by atoms with E-state index in [0.29, 0.717) is 0 Å². The van der Waals surface area contributed by atoms with Crippen molar-refractivity contribution in [1.82, 2.24) is 20.5 Å². The lowest BCUT2D eigenvalue weighted by Crippen LogP contribution is -2.19. The molecule has 0 bridgehead atoms. The molecule has 0 aliphatic carbocycles. The molecular weight excluding hydrogens is 262 g/mol. The van der Waals surface area contributed by atoms with Crippen LogP contribution in [0.2, 0.25) is 0 Å². The van der Waals surface area contributed by atoms with Crippen molar-refractivity contribution in [2.45, 2.75) is 39.3 Å². The highest BCUT2D eigenvalue weighted by molar-refractivity contribution is 5.39. The van der Waals surface area contributed by atoms with Gasteiger partial charge in [0.15, 0.2) is 0 Å². The maximum absolute atomic E-state index is 4.33. The molecule has 2 aromatic rings. The van der Waals surface area contributed by atoms with Crippen molar-refractivity contribution in [3.8, 4) is 0 Å². The number of aromatic amines is 1. The number of anilines is 1. The fourth-order valence-electron chi connectivity index (χ4n) is 2.25. The van der Waals surface area contributed by atoms with Crippen LogP contribution in [-0.2, 0) is 18.5 Å². The zero-order valence-corrected chi connectivity index (χ0v) is 13.6. The Balaban J connectivity index is 1.96. The van der Waals surface area contributed by atoms with Gasteiger partial charge >= 0.3 is 0 Å². The summed E-state index contributed by atoms with van der Waals surface area (Å²) in [5, 5.41) is 10.8. The quantitative estimate of drug-likeness (QED) is 0.887. The average Bonchev–Trinajstić information content (AvgIpc) is 2.87. The Morgan fingerprint density at radius 2 is 2.00 bits per heavy atom. The van der Waals surface area contributed by atoms with Crippen LogP contribution in [0.3, 0.4) is 0 Å². The summed E-state index contributed by atoms with van der Waals surface area (Å²) >= 11 is 0. The minimum Gasteiger partial charge on any atom is -0.363 e. The van der Waals surface area contributed by atoms with E-state index in [0.717, 1.165) is 18.9 Å². The van der Waals surface area contributed by atoms with E-state index in [4.69, 9.17) is 0 Å². The maximum atomic E-state index is 4.33. The number of nitrogens with one attached hydrogen (secondary N) is 2. The topological polar surface area (TPSA) is 56.8 Å². The van der Waals surface area contributed by atoms with Crippen molar-refractivity contribution in [1.29, 1.82) is 0 Å². The molecular formula is C16H25N5. The van der Waals surface area contributed by atoms with Crippen LogP contribution >= 0.6 is 0 Å². The lowest BCUT2D eigenvalue weighted by Gasteiger charge is -2.18. The number of hydrogen-bond donors (Lipinski definition) is 2. The smallest absolute Gasteiger partial charge is 0.128 e. The van der Waals surface area contributed by atoms with Crippen LogP contribution in [0.15, 0.2) is 24.5 Å². The first-order chi connectivity index (χ1) is 9.88. The number of nitrogens with zero attached hydrogens (tertiary/aromatic N) is 3. The third-order valence-corrected chi connectivity index (χ3v) is 3.38. The molecule has 0 saturated carbocycles. The second kappa shape index (κ2) is 6.26. The van der Waals surface area contributed by atoms with E-state index in [-0.39, 0.29) is 5.41 Å². The predicted octanol–water partition coefficient (Wildman–Crippen LogP) is 2.46. The van der Waals surface area contributed by atoms with Crippen LogP contribution < -0.4 is 10.2 Å². The van der Waals surface area contributed by atoms with Crippen molar-refractivity contribution in [3.63, 3.8) is 0 Å². The molecule has 0 atom stereocenters. The van der Waals surface area contributed by atoms with E-state index >= 15 is 0 Å². The van der Waals surface area contributed by atoms with Crippen molar-refractivity contribution in [2.75, 3.05) is 19.0 Å². The molecule has 0 aliphatic rings. The van der Waals surface area contributed by atoms with E-state index in [9.17, 15) is 0 Å². The standard InChI is InChI=1S/C16H25N5/c1-16(2,3)15-13(11-19-20-15)10-17-9-12-6-7-18-14(8-12)21(4)5/h6-8,11,17H,9-10H2,1-5H3,(H,19,20). The minimum absolute atomic E-state index is 0.0856. The largest absolute Gasteiger partial charge is 0.363 e. The van der Waals surface area contributed by atoms with Gasteiger partial charge in [0, 0.05) is 50.1 Å². The molecule has 0 spiro atoms. The second-order valence-corrected chi connectivity index (χ2v) is 6.54. The first kappa shape index (κ1) is 15.5. The number of aromatic nitrogens is 3. The fourth-order valence-corrected chi connectivity index (χ4v) is 2.25. The van der Waals surface area contributed by atoms with Crippen LogP contribution in [0.4, 0.5) is 5.82 Å². The van der Waals surface area contributed by atoms with Crippen LogP contribution in [0.25, 0.3) is 0 Å². The number of rotatable bonds is 5. The summed E-state index contributed by atoms with van der Waals surface area (Å²) in [7, 11) is 4.00. The third kappa shape index (κ3) is 4.04. The van der Waals surface area contributed by atoms with Gasteiger partial charge in [0.2, 0.25) is 0 Å². The van der Waals surface area contributed by atoms with E-state index in [1.807, 2.05) is 37.5 Å². The van der Waals surface area contributed by atoms with Gasteiger partial charge in [-0.3, -0.25) is 5.10 Å². The number of pyridine rings is 1. The monoisotopic (exact) mass is 287 g/mol. The fraction of sp³-hybridized carbons (Fsp3) is 0.500. The Kier molecular flexibility index (Phi) is 4.63. The summed E-state index contributed by atoms with van der Waals surface area (Å²) in [4.78, 5) is 6.34. The zero-order valence-electron chi connectivity index (χ0n) is 13.6. The SMILES string of the molecule is CN(C)c1cc(CNCc2cn[nH]c2C(C)(C)C)ccn1. The Morgan fingerprint density at radius 3 is 2.67 bits per heavy atom. The molecule has 0 amide bonds. The Bertz CT molecular complexity index is 580. The highest BCUT2D eigenvalue weighted by Crippen LogP contribution is 2.23. The summed E-state index contributed by atoms with van der Waals surface area (Å²) in [6.07, 6.45) is 3.76. The molecule has 0 radical (unpaired) electrons. The molecule has 2 rings (SSSR count). The highest BCUT2D eigenvalue weighted by Gasteiger charge is 2.19. The molecule has 21 heavy (non-hydrogen) atoms. The van der Waals surface area contributed by atoms with E-state index in [2.05, 4.69) is 47.3 Å². The average molecular weight is 287 g/mol. The predicted molar refractivity (Wildman–Crippen MR) is 86.4 cm³/mol. The summed E-state index contributed by atoms with van der Waals surface area (Å²) in [5.74, 6) is 0.980. The van der Waals surface area contributed by atoms with Gasteiger partial charge in [0.05, 0.1) is 6.20 Å². The minimum atomic E-state index is 0.0856. The summed E-state index contributed by atoms with van der Waals surface area (Å²) in [6, 6.07) is 4.15. The highest BCUT2D eigenvalue weighted by atomic mass is 15.1. The molecule has 114 valence electrons. The third-order valence-electron chi connectivity index (χ3n) is 3.38. The van der Waals surface area contributed by atoms with E-state index < -0.39 is 0 Å². The Labute approximate surface area is 126 Å². The summed E-state index contributed by atoms with van der Waals surface area (Å²) in [6.45, 7) is 8.20. The van der Waals surface area contributed by atoms with E-state index in [1.54, 1.807) is 0 Å². The van der Waals surface area contributed by atoms with Crippen molar-refractivity contribution in [3.05, 3.63) is 41.3 Å². The Morgan fingerprint density at radius 1 is 1.24 bits per heavy atom. The summed E-state index contributed by atoms with van der Waals surface area (Å²) in [5.41, 5.74) is 3.74. The first-order valence-electron chi connectivity index (χ1n) is 7.23. The van der Waals surface area contributed by atoms with E-state index in [1.165, 1.54) is 16.8 Å². The first-order valence-corrected chi connectivity index (χ1v) is 7.23. The second-order valence-electron chi connectivity index (χ2n) is 6.54. The molecule has 2 aromatic heterocycles. The number of hydrogen-bond acceptors (Lipinski definition) is 4. The van der Waals surface area contributed by atoms with Gasteiger partial charge in [-0.2, -0.15) is 5.10 Å². The lowest BCUT2D eigenvalue weighted by atomic mass is 9.89. The molecule has 2 heterocycles. The van der Waals surface area contributed by atoms with Crippen LogP contribution in [0.1, 0.15) is 37.6 Å². The van der Waals surface area contributed by atoms with Crippen LogP contribution in [-0.4, -0.2) is 29.3 Å². The molecule has 5 nitrogen and oxygen atoms in total. The van der Waals surface area contributed by atoms with Gasteiger partial charge in [0.25, 0.3) is 0 Å². The van der Waals surface area contributed by atoms with Crippen molar-refractivity contribution < 1.29 is 0 Å². The maximum Gasteiger partial charge on any atom is 0.128 e. The van der Waals surface area contributed by atoms with Gasteiger partial charge in [-0.05, 0) is 17.7 Å². The van der Waals surface area contributed by atoms with Crippen LogP contribution in [0, 0.1) is 0 Å². The zero-order chi connectivity index (χ0) is 15.5. The molecule has 0 saturated heterocycles. The molecule has 0 unspecified atom stereocenters. The van der Waals surface area contributed by atoms with Crippen molar-refractivity contribution in [2.24, 2.45) is 0 Å². The molecule has 0 aromatic carbocycles. The molecule has 5 heteroatoms. The van der Waals surface area contributed by atoms with Gasteiger partial charge in [-0.15, -0.1) is 0 Å². The van der Waals surface area contributed by atoms with Crippen LogP contribution in [0.5, 0.6) is 0 Å². The van der Waals surface area contributed by atoms with Gasteiger partial charge < -0.3 is 10.2 Å². The van der Waals surface area contributed by atoms with Gasteiger partial charge in [0.1, 0.15) is 5.82 Å². The molecule has 2 N–H and O–H groups in total. The van der Waals surface area contributed by atoms with Gasteiger partial charge in [-0.25, -0.2) is 4.98 Å². The normalized spacial score (nSPS) is 11.7. The molecule has 0 fully saturated rings. The lowest BCUT2D eigenvalue weighted by molar-refractivity contribution is 0.553.